The van der Waals surface area contributed by atoms with Crippen LogP contribution in [0.1, 0.15) is 31.9 Å². The SMILES string of the molecule is CC[C@H]1SC2=NC(C)=C(C(=O)OC)[C@@H](c3cc(OC)ccc3OC)N2C1=O. The Bertz CT molecular complexity index is 849. The molecule has 2 aliphatic heterocycles. The molecule has 1 aromatic rings. The molecular weight excluding hydrogens is 368 g/mol. The third kappa shape index (κ3) is 3.18. The first-order chi connectivity index (χ1) is 13.0. The standard InChI is InChI=1S/C19H22N2O5S/c1-6-14-17(22)21-16(12-9-11(24-3)7-8-13(12)25-4)15(18(23)26-5)10(2)20-19(21)27-14/h7-9,14,16H,6H2,1-5H3/t14-,16-/m1/s1. The van der Waals surface area contributed by atoms with Gasteiger partial charge in [0.2, 0.25) is 5.91 Å². The summed E-state index contributed by atoms with van der Waals surface area (Å²) >= 11 is 1.42. The van der Waals surface area contributed by atoms with E-state index in [9.17, 15) is 9.59 Å². The van der Waals surface area contributed by atoms with Crippen LogP contribution in [0.2, 0.25) is 0 Å². The van der Waals surface area contributed by atoms with Gasteiger partial charge in [0, 0.05) is 5.56 Å². The van der Waals surface area contributed by atoms with Gasteiger partial charge >= 0.3 is 5.97 Å². The van der Waals surface area contributed by atoms with Gasteiger partial charge in [0.05, 0.1) is 37.8 Å². The summed E-state index contributed by atoms with van der Waals surface area (Å²) in [4.78, 5) is 31.7. The van der Waals surface area contributed by atoms with Crippen molar-refractivity contribution < 1.29 is 23.8 Å². The van der Waals surface area contributed by atoms with Crippen molar-refractivity contribution in [1.29, 1.82) is 0 Å². The van der Waals surface area contributed by atoms with Crippen LogP contribution in [0.5, 0.6) is 11.5 Å². The van der Waals surface area contributed by atoms with Crippen LogP contribution >= 0.6 is 11.8 Å². The number of amides is 1. The van der Waals surface area contributed by atoms with E-state index in [4.69, 9.17) is 14.2 Å². The maximum atomic E-state index is 13.0. The molecule has 8 heteroatoms. The van der Waals surface area contributed by atoms with Crippen molar-refractivity contribution in [3.05, 3.63) is 35.0 Å². The minimum absolute atomic E-state index is 0.0787. The number of carbonyl (C=O) groups is 2. The first-order valence-corrected chi connectivity index (χ1v) is 9.44. The Morgan fingerprint density at radius 3 is 2.59 bits per heavy atom. The van der Waals surface area contributed by atoms with Crippen LogP contribution in [-0.4, -0.2) is 48.5 Å². The number of rotatable bonds is 5. The molecule has 2 aliphatic rings. The number of hydrogen-bond acceptors (Lipinski definition) is 7. The van der Waals surface area contributed by atoms with E-state index in [1.165, 1.54) is 18.9 Å². The van der Waals surface area contributed by atoms with Crippen molar-refractivity contribution in [2.24, 2.45) is 4.99 Å². The van der Waals surface area contributed by atoms with E-state index in [1.54, 1.807) is 44.2 Å². The number of hydrogen-bond donors (Lipinski definition) is 0. The Kier molecular flexibility index (Phi) is 5.46. The second-order valence-electron chi connectivity index (χ2n) is 6.12. The molecule has 2 atom stereocenters. The molecule has 0 N–H and O–H groups in total. The van der Waals surface area contributed by atoms with E-state index in [0.29, 0.717) is 39.9 Å². The van der Waals surface area contributed by atoms with Gasteiger partial charge in [-0.2, -0.15) is 0 Å². The number of methoxy groups -OCH3 is 3. The molecule has 3 rings (SSSR count). The average molecular weight is 390 g/mol. The van der Waals surface area contributed by atoms with Gasteiger partial charge in [0.15, 0.2) is 5.17 Å². The second-order valence-corrected chi connectivity index (χ2v) is 7.29. The Morgan fingerprint density at radius 1 is 1.26 bits per heavy atom. The van der Waals surface area contributed by atoms with Gasteiger partial charge in [-0.05, 0) is 31.5 Å². The topological polar surface area (TPSA) is 77.4 Å². The smallest absolute Gasteiger partial charge is 0.338 e. The van der Waals surface area contributed by atoms with Crippen molar-refractivity contribution in [3.63, 3.8) is 0 Å². The summed E-state index contributed by atoms with van der Waals surface area (Å²) in [5, 5.41) is 0.361. The lowest BCUT2D eigenvalue weighted by Crippen LogP contribution is -2.40. The molecule has 0 aromatic heterocycles. The van der Waals surface area contributed by atoms with E-state index in [0.717, 1.165) is 0 Å². The third-order valence-corrected chi connectivity index (χ3v) is 5.98. The van der Waals surface area contributed by atoms with Crippen LogP contribution in [0.3, 0.4) is 0 Å². The zero-order chi connectivity index (χ0) is 19.7. The summed E-state index contributed by atoms with van der Waals surface area (Å²) in [5.74, 6) is 0.546. The van der Waals surface area contributed by atoms with Crippen LogP contribution in [-0.2, 0) is 14.3 Å². The summed E-state index contributed by atoms with van der Waals surface area (Å²) in [7, 11) is 4.43. The first kappa shape index (κ1) is 19.3. The van der Waals surface area contributed by atoms with Gasteiger partial charge < -0.3 is 14.2 Å². The molecule has 0 saturated carbocycles. The molecule has 2 heterocycles. The van der Waals surface area contributed by atoms with Gasteiger partial charge in [-0.3, -0.25) is 9.69 Å². The van der Waals surface area contributed by atoms with Crippen LogP contribution in [0.15, 0.2) is 34.5 Å². The molecule has 0 unspecified atom stereocenters. The monoisotopic (exact) mass is 390 g/mol. The fraction of sp³-hybridized carbons (Fsp3) is 0.421. The van der Waals surface area contributed by atoms with Gasteiger partial charge in [-0.15, -0.1) is 0 Å². The number of fused-ring (bicyclic) bond motifs is 1. The highest BCUT2D eigenvalue weighted by Crippen LogP contribution is 2.46. The van der Waals surface area contributed by atoms with Crippen LogP contribution in [0, 0.1) is 0 Å². The first-order valence-electron chi connectivity index (χ1n) is 8.56. The quantitative estimate of drug-likeness (QED) is 0.720. The predicted octanol–water partition coefficient (Wildman–Crippen LogP) is 2.92. The zero-order valence-corrected chi connectivity index (χ0v) is 16.8. The van der Waals surface area contributed by atoms with E-state index in [1.807, 2.05) is 6.92 Å². The maximum absolute atomic E-state index is 13.0. The van der Waals surface area contributed by atoms with Crippen molar-refractivity contribution in [2.45, 2.75) is 31.6 Å². The third-order valence-electron chi connectivity index (χ3n) is 4.66. The summed E-state index contributed by atoms with van der Waals surface area (Å²) in [6.45, 7) is 3.71. The normalized spacial score (nSPS) is 21.7. The lowest BCUT2D eigenvalue weighted by Gasteiger charge is -2.33. The average Bonchev–Trinajstić information content (AvgIpc) is 3.00. The van der Waals surface area contributed by atoms with Crippen molar-refractivity contribution in [2.75, 3.05) is 21.3 Å². The Morgan fingerprint density at radius 2 is 2.00 bits per heavy atom. The molecule has 7 nitrogen and oxygen atoms in total. The van der Waals surface area contributed by atoms with Crippen molar-refractivity contribution in [1.82, 2.24) is 4.90 Å². The van der Waals surface area contributed by atoms with E-state index < -0.39 is 12.0 Å². The van der Waals surface area contributed by atoms with Crippen LogP contribution < -0.4 is 9.47 Å². The second kappa shape index (κ2) is 7.64. The molecule has 1 fully saturated rings. The van der Waals surface area contributed by atoms with Crippen LogP contribution in [0.25, 0.3) is 0 Å². The summed E-state index contributed by atoms with van der Waals surface area (Å²) in [6, 6.07) is 4.62. The molecule has 0 radical (unpaired) electrons. The van der Waals surface area contributed by atoms with Gasteiger partial charge in [-0.25, -0.2) is 9.79 Å². The lowest BCUT2D eigenvalue weighted by molar-refractivity contribution is -0.137. The highest BCUT2D eigenvalue weighted by Gasteiger charge is 2.48. The highest BCUT2D eigenvalue weighted by molar-refractivity contribution is 8.15. The van der Waals surface area contributed by atoms with Crippen molar-refractivity contribution in [3.8, 4) is 11.5 Å². The maximum Gasteiger partial charge on any atom is 0.338 e. The molecular formula is C19H22N2O5S. The van der Waals surface area contributed by atoms with Gasteiger partial charge in [0.25, 0.3) is 0 Å². The largest absolute Gasteiger partial charge is 0.497 e. The van der Waals surface area contributed by atoms with Crippen LogP contribution in [0.4, 0.5) is 0 Å². The van der Waals surface area contributed by atoms with E-state index >= 15 is 0 Å². The number of esters is 1. The molecule has 27 heavy (non-hydrogen) atoms. The van der Waals surface area contributed by atoms with E-state index in [2.05, 4.69) is 4.99 Å². The fourth-order valence-electron chi connectivity index (χ4n) is 3.31. The number of amidine groups is 1. The summed E-state index contributed by atoms with van der Waals surface area (Å²) in [5.41, 5.74) is 1.49. The number of aliphatic imine (C=N–C) groups is 1. The minimum atomic E-state index is -0.688. The minimum Gasteiger partial charge on any atom is -0.497 e. The van der Waals surface area contributed by atoms with Crippen molar-refractivity contribution >= 4 is 28.8 Å². The Labute approximate surface area is 162 Å². The lowest BCUT2D eigenvalue weighted by atomic mass is 9.93. The Hall–Kier alpha value is -2.48. The van der Waals surface area contributed by atoms with Gasteiger partial charge in [-0.1, -0.05) is 18.7 Å². The number of carbonyl (C=O) groups excluding carboxylic acids is 2. The summed E-state index contributed by atoms with van der Waals surface area (Å²) in [6.07, 6.45) is 0.674. The number of allylic oxidation sites excluding steroid dienone is 1. The molecule has 0 aliphatic carbocycles. The molecule has 1 aromatic carbocycles. The molecule has 1 amide bonds. The summed E-state index contributed by atoms with van der Waals surface area (Å²) < 4.78 is 15.9. The zero-order valence-electron chi connectivity index (χ0n) is 15.9. The molecule has 1 saturated heterocycles. The fourth-order valence-corrected chi connectivity index (χ4v) is 4.44. The molecule has 0 spiro atoms. The van der Waals surface area contributed by atoms with Gasteiger partial charge in [0.1, 0.15) is 17.5 Å². The number of thioether (sulfide) groups is 1. The Balaban J connectivity index is 2.24. The number of nitrogens with zero attached hydrogens (tertiary/aromatic N) is 2. The van der Waals surface area contributed by atoms with E-state index in [-0.39, 0.29) is 11.2 Å². The predicted molar refractivity (Wildman–Crippen MR) is 103 cm³/mol. The number of benzene rings is 1. The molecule has 144 valence electrons. The number of ether oxygens (including phenoxy) is 3. The highest BCUT2D eigenvalue weighted by atomic mass is 32.2. The molecule has 0 bridgehead atoms.